The highest BCUT2D eigenvalue weighted by Crippen LogP contribution is 2.68. The predicted octanol–water partition coefficient (Wildman–Crippen LogP) is 8.39. The molecule has 13 rings (SSSR count). The van der Waals surface area contributed by atoms with E-state index in [0.717, 1.165) is 63.7 Å². The fourth-order valence-corrected chi connectivity index (χ4v) is 13.9. The van der Waals surface area contributed by atoms with Gasteiger partial charge in [0.05, 0.1) is 64.8 Å². The van der Waals surface area contributed by atoms with Crippen molar-refractivity contribution in [2.75, 3.05) is 18.6 Å². The summed E-state index contributed by atoms with van der Waals surface area (Å²) >= 11 is 0. The fourth-order valence-electron chi connectivity index (χ4n) is 13.9. The number of methoxy groups -OCH3 is 1. The molecule has 6 aromatic rings. The first kappa shape index (κ1) is 43.8. The smallest absolute Gasteiger partial charge is 0.494 e. The Morgan fingerprint density at radius 2 is 1.28 bits per heavy atom. The number of anilines is 2. The summed E-state index contributed by atoms with van der Waals surface area (Å²) in [5, 5.41) is 19.4. The zero-order valence-corrected chi connectivity index (χ0v) is 39.7. The van der Waals surface area contributed by atoms with E-state index < -0.39 is 26.4 Å². The minimum absolute atomic E-state index is 0.0413. The third kappa shape index (κ3) is 6.31. The topological polar surface area (TPSA) is 159 Å². The Labute approximate surface area is 395 Å². The number of benzene rings is 4. The first-order valence-corrected chi connectivity index (χ1v) is 23.9. The van der Waals surface area contributed by atoms with Crippen LogP contribution in [0.15, 0.2) is 66.9 Å². The van der Waals surface area contributed by atoms with Crippen LogP contribution in [0.3, 0.4) is 0 Å². The molecule has 350 valence electrons. The lowest BCUT2D eigenvalue weighted by molar-refractivity contribution is -0.207. The molecule has 0 radical (unpaired) electrons. The van der Waals surface area contributed by atoms with Crippen molar-refractivity contribution >= 4 is 58.3 Å². The summed E-state index contributed by atoms with van der Waals surface area (Å²) in [5.41, 5.74) is 21.8. The van der Waals surface area contributed by atoms with Gasteiger partial charge in [-0.1, -0.05) is 45.0 Å². The van der Waals surface area contributed by atoms with Crippen molar-refractivity contribution < 1.29 is 36.9 Å². The van der Waals surface area contributed by atoms with Crippen molar-refractivity contribution in [2.24, 2.45) is 34.5 Å². The van der Waals surface area contributed by atoms with Gasteiger partial charge < -0.3 is 39.6 Å². The predicted molar refractivity (Wildman–Crippen MR) is 259 cm³/mol. The summed E-state index contributed by atoms with van der Waals surface area (Å²) in [4.78, 5) is 0. The van der Waals surface area contributed by atoms with Gasteiger partial charge in [-0.3, -0.25) is 0 Å². The Bertz CT molecular complexity index is 3090. The van der Waals surface area contributed by atoms with Crippen LogP contribution in [0.25, 0.3) is 44.1 Å². The number of nitrogens with two attached hydrogens (primary N) is 2. The molecule has 0 amide bonds. The molecule has 5 saturated carbocycles. The van der Waals surface area contributed by atoms with E-state index in [0.29, 0.717) is 68.7 Å². The quantitative estimate of drug-likeness (QED) is 0.134. The average molecular weight is 921 g/mol. The molecule has 1 unspecified atom stereocenters. The van der Waals surface area contributed by atoms with Crippen molar-refractivity contribution in [3.05, 3.63) is 83.7 Å². The highest BCUT2D eigenvalue weighted by atomic mass is 19.3. The van der Waals surface area contributed by atoms with Crippen LogP contribution in [0.1, 0.15) is 77.1 Å². The highest BCUT2D eigenvalue weighted by Gasteiger charge is 2.70. The van der Waals surface area contributed by atoms with Crippen molar-refractivity contribution in [3.8, 4) is 33.8 Å². The van der Waals surface area contributed by atoms with Crippen LogP contribution in [0.4, 0.5) is 20.2 Å². The van der Waals surface area contributed by atoms with Crippen LogP contribution < -0.4 is 31.9 Å². The molecule has 4 N–H and O–H groups in total. The van der Waals surface area contributed by atoms with Crippen LogP contribution in [-0.2, 0) is 25.0 Å². The van der Waals surface area contributed by atoms with Gasteiger partial charge in [0.1, 0.15) is 11.5 Å². The molecule has 12 nitrogen and oxygen atoms in total. The maximum atomic E-state index is 13.8. The van der Waals surface area contributed by atoms with Crippen molar-refractivity contribution in [2.45, 2.75) is 111 Å². The number of aromatic nitrogens is 4. The van der Waals surface area contributed by atoms with E-state index in [-0.39, 0.29) is 40.3 Å². The largest absolute Gasteiger partial charge is 0.496 e. The van der Waals surface area contributed by atoms with Crippen LogP contribution >= 0.6 is 0 Å². The minimum atomic E-state index is -3.02. The van der Waals surface area contributed by atoms with Gasteiger partial charge in [0.15, 0.2) is 0 Å². The Kier molecular flexibility index (Phi) is 9.70. The third-order valence-electron chi connectivity index (χ3n) is 18.1. The van der Waals surface area contributed by atoms with Crippen LogP contribution in [0.2, 0.25) is 0 Å². The number of nitrogens with zero attached hydrogens (tertiary/aromatic N) is 4. The molecule has 68 heavy (non-hydrogen) atoms. The van der Waals surface area contributed by atoms with Crippen LogP contribution in [0, 0.1) is 48.3 Å². The molecule has 4 aromatic carbocycles. The van der Waals surface area contributed by atoms with Gasteiger partial charge in [-0.05, 0) is 164 Å². The van der Waals surface area contributed by atoms with Gasteiger partial charge in [-0.15, -0.1) is 0 Å². The second-order valence-corrected chi connectivity index (χ2v) is 21.8. The van der Waals surface area contributed by atoms with Crippen LogP contribution in [-0.4, -0.2) is 71.8 Å². The van der Waals surface area contributed by atoms with E-state index in [1.54, 1.807) is 19.2 Å². The highest BCUT2D eigenvalue weighted by molar-refractivity contribution is 6.63. The van der Waals surface area contributed by atoms with E-state index in [9.17, 15) is 8.78 Å². The standard InChI is InChI=1S/C52H56B2F2N6O6/c1-25-13-41(63-8)33(21-35(25)53-65-45-19-29-17-43(49(29,3)4)51(45,6)67-53)27-10-12-32-39(16-27)61-62-40(47(32)58)23-50(5)30-18-44(50)52(7)46(20-30)66-54(68-52)36-22-34(42(14-26(36)2)64-48(55)56)28-9-11-31-37(57)24-59-60-38(31)15-28/h9-16,21-22,24,29-30,43-46,48H,17-20,23H2,1-8H3,(H2,57,60)(H2,58,61)/t29-,30-,43-,44-,45+,46+,50?,51-,52-/m0/s1. The molecule has 0 spiro atoms. The molecular weight excluding hydrogens is 864 g/mol. The molecule has 2 saturated heterocycles. The number of fused-ring (bicyclic) bond motifs is 6. The lowest BCUT2D eigenvalue weighted by Crippen LogP contribution is -2.67. The van der Waals surface area contributed by atoms with Gasteiger partial charge in [-0.2, -0.15) is 29.2 Å². The van der Waals surface area contributed by atoms with Gasteiger partial charge in [0.2, 0.25) is 0 Å². The molecule has 5 aliphatic carbocycles. The lowest BCUT2D eigenvalue weighted by Gasteiger charge is -2.65. The number of rotatable bonds is 9. The second kappa shape index (κ2) is 15.0. The van der Waals surface area contributed by atoms with E-state index >= 15 is 0 Å². The SMILES string of the molecule is COc1cc(C)c(B2O[C@@H]3C[C@@H]4C[C@@H](C4(C)C)[C@]3(C)O2)cc1-c1ccc2c(N)c(CC3(C)[C@@H]4C[C@H]5OB(c6cc(-c7ccc8c(N)cnnc8c7)c(OC(F)F)cc6C)O[C@@]5(C)[C@H]3C4)nnc2c1. The molecule has 4 bridgehead atoms. The second-order valence-electron chi connectivity index (χ2n) is 21.8. The normalized spacial score (nSPS) is 30.9. The number of hydrogen-bond donors (Lipinski definition) is 2. The van der Waals surface area contributed by atoms with E-state index in [4.69, 9.17) is 49.8 Å². The van der Waals surface area contributed by atoms with Gasteiger partial charge in [-0.25, -0.2) is 0 Å². The van der Waals surface area contributed by atoms with E-state index in [1.807, 2.05) is 37.3 Å². The number of halogens is 2. The molecule has 7 aliphatic rings. The third-order valence-corrected chi connectivity index (χ3v) is 18.1. The molecular formula is C52H56B2F2N6O6. The molecule has 2 aliphatic heterocycles. The van der Waals surface area contributed by atoms with Crippen molar-refractivity contribution in [1.29, 1.82) is 0 Å². The Morgan fingerprint density at radius 3 is 1.91 bits per heavy atom. The Balaban J connectivity index is 0.802. The van der Waals surface area contributed by atoms with E-state index in [2.05, 4.69) is 69.9 Å². The number of aryl methyl sites for hydroxylation is 2. The van der Waals surface area contributed by atoms with Crippen molar-refractivity contribution in [3.63, 3.8) is 0 Å². The molecule has 4 heterocycles. The minimum Gasteiger partial charge on any atom is -0.496 e. The summed E-state index contributed by atoms with van der Waals surface area (Å²) in [5.74, 6) is 2.41. The Morgan fingerprint density at radius 1 is 0.706 bits per heavy atom. The number of hydrogen-bond acceptors (Lipinski definition) is 12. The summed E-state index contributed by atoms with van der Waals surface area (Å²) in [6.07, 6.45) is 6.01. The van der Waals surface area contributed by atoms with Gasteiger partial charge in [0.25, 0.3) is 0 Å². The van der Waals surface area contributed by atoms with Gasteiger partial charge >= 0.3 is 20.8 Å². The summed E-state index contributed by atoms with van der Waals surface area (Å²) in [6.45, 7) is 12.4. The zero-order valence-electron chi connectivity index (χ0n) is 39.7. The maximum Gasteiger partial charge on any atom is 0.494 e. The van der Waals surface area contributed by atoms with E-state index in [1.165, 1.54) is 12.6 Å². The van der Waals surface area contributed by atoms with Crippen LogP contribution in [0.5, 0.6) is 11.5 Å². The summed E-state index contributed by atoms with van der Waals surface area (Å²) < 4.78 is 66.1. The average Bonchev–Trinajstić information content (AvgIpc) is 3.86. The fraction of sp³-hybridized carbons (Fsp3) is 0.462. The molecule has 7 fully saturated rings. The lowest BCUT2D eigenvalue weighted by atomic mass is 9.42. The first-order chi connectivity index (χ1) is 32.4. The number of ether oxygens (including phenoxy) is 2. The molecule has 9 atom stereocenters. The monoisotopic (exact) mass is 920 g/mol. The van der Waals surface area contributed by atoms with Crippen molar-refractivity contribution in [1.82, 2.24) is 20.4 Å². The van der Waals surface area contributed by atoms with Gasteiger partial charge in [0, 0.05) is 21.9 Å². The maximum absolute atomic E-state index is 13.8. The summed E-state index contributed by atoms with van der Waals surface area (Å²) in [7, 11) is 0.509. The Hall–Kier alpha value is -5.41. The zero-order chi connectivity index (χ0) is 47.4. The summed E-state index contributed by atoms with van der Waals surface area (Å²) in [6, 6.07) is 19.2. The number of alkyl halides is 2. The molecule has 2 aromatic heterocycles. The first-order valence-electron chi connectivity index (χ1n) is 23.9. The molecule has 16 heteroatoms. The number of nitrogen functional groups attached to an aromatic ring is 2.